The first-order chi connectivity index (χ1) is 15.9. The molecule has 1 atom stereocenters. The molecule has 33 heavy (non-hydrogen) atoms. The van der Waals surface area contributed by atoms with Gasteiger partial charge in [-0.1, -0.05) is 12.1 Å². The molecule has 0 spiro atoms. The largest absolute Gasteiger partial charge is 0.507 e. The molecule has 176 valence electrons. The first kappa shape index (κ1) is 24.3. The summed E-state index contributed by atoms with van der Waals surface area (Å²) in [4.78, 5) is 29.7. The number of carbonyl (C=O) groups excluding carboxylic acids is 2. The summed E-state index contributed by atoms with van der Waals surface area (Å²) in [5.41, 5.74) is 1.30. The first-order valence-corrected chi connectivity index (χ1v) is 11.3. The number of aliphatic hydroxyl groups excluding tert-OH is 1. The van der Waals surface area contributed by atoms with Crippen molar-refractivity contribution in [2.75, 3.05) is 40.4 Å². The molecule has 2 aromatic carbocycles. The van der Waals surface area contributed by atoms with E-state index in [0.717, 1.165) is 12.1 Å². The summed E-state index contributed by atoms with van der Waals surface area (Å²) in [5.74, 6) is -0.0887. The Labute approximate surface area is 195 Å². The zero-order valence-corrected chi connectivity index (χ0v) is 19.7. The molecule has 0 radical (unpaired) electrons. The molecule has 1 N–H and O–H groups in total. The van der Waals surface area contributed by atoms with Crippen molar-refractivity contribution in [3.05, 3.63) is 65.2 Å². The van der Waals surface area contributed by atoms with Gasteiger partial charge in [-0.3, -0.25) is 9.59 Å². The maximum absolute atomic E-state index is 13.1. The lowest BCUT2D eigenvalue weighted by atomic mass is 9.95. The Bertz CT molecular complexity index is 996. The summed E-state index contributed by atoms with van der Waals surface area (Å²) in [7, 11) is 3.92. The highest BCUT2D eigenvalue weighted by atomic mass is 16.5. The van der Waals surface area contributed by atoms with Gasteiger partial charge in [0.1, 0.15) is 17.3 Å². The number of amides is 1. The highest BCUT2D eigenvalue weighted by Gasteiger charge is 2.45. The van der Waals surface area contributed by atoms with Crippen molar-refractivity contribution >= 4 is 17.4 Å². The Morgan fingerprint density at radius 2 is 1.48 bits per heavy atom. The number of ether oxygens (including phenoxy) is 2. The van der Waals surface area contributed by atoms with E-state index in [1.807, 2.05) is 57.1 Å². The van der Waals surface area contributed by atoms with Crippen molar-refractivity contribution in [3.63, 3.8) is 0 Å². The lowest BCUT2D eigenvalue weighted by Gasteiger charge is -2.26. The van der Waals surface area contributed by atoms with Gasteiger partial charge >= 0.3 is 0 Å². The molecule has 0 saturated carbocycles. The van der Waals surface area contributed by atoms with Crippen LogP contribution in [0.4, 0.5) is 0 Å². The van der Waals surface area contributed by atoms with Crippen LogP contribution >= 0.6 is 0 Å². The number of likely N-dealkylation sites (tertiary alicyclic amines) is 1. The van der Waals surface area contributed by atoms with Crippen LogP contribution in [0.2, 0.25) is 0 Å². The number of Topliss-reactive ketones (excluding diaryl/α,β-unsaturated/α-hetero) is 1. The number of nitrogens with zero attached hydrogens (tertiary/aromatic N) is 2. The molecule has 1 fully saturated rings. The fourth-order valence-corrected chi connectivity index (χ4v) is 3.96. The average molecular weight is 453 g/mol. The minimum absolute atomic E-state index is 0.0955. The maximum Gasteiger partial charge on any atom is 0.295 e. The number of rotatable bonds is 10. The van der Waals surface area contributed by atoms with Gasteiger partial charge in [0, 0.05) is 12.1 Å². The van der Waals surface area contributed by atoms with Gasteiger partial charge in [0.15, 0.2) is 0 Å². The van der Waals surface area contributed by atoms with Crippen LogP contribution in [0.5, 0.6) is 11.5 Å². The van der Waals surface area contributed by atoms with Crippen LogP contribution in [0.15, 0.2) is 54.1 Å². The molecule has 1 amide bonds. The lowest BCUT2D eigenvalue weighted by molar-refractivity contribution is -0.139. The molecule has 0 bridgehead atoms. The zero-order valence-electron chi connectivity index (χ0n) is 19.7. The van der Waals surface area contributed by atoms with Crippen LogP contribution in [-0.2, 0) is 9.59 Å². The van der Waals surface area contributed by atoms with Crippen LogP contribution in [-0.4, -0.2) is 67.0 Å². The Morgan fingerprint density at radius 1 is 0.939 bits per heavy atom. The number of ketones is 1. The predicted octanol–water partition coefficient (Wildman–Crippen LogP) is 3.86. The van der Waals surface area contributed by atoms with E-state index in [-0.39, 0.29) is 11.3 Å². The predicted molar refractivity (Wildman–Crippen MR) is 127 cm³/mol. The van der Waals surface area contributed by atoms with Crippen molar-refractivity contribution in [1.82, 2.24) is 9.80 Å². The normalized spacial score (nSPS) is 17.6. The molecular weight excluding hydrogens is 420 g/mol. The molecule has 7 heteroatoms. The molecule has 2 aromatic rings. The third kappa shape index (κ3) is 5.54. The van der Waals surface area contributed by atoms with E-state index in [1.54, 1.807) is 29.2 Å². The third-order valence-corrected chi connectivity index (χ3v) is 5.49. The fourth-order valence-electron chi connectivity index (χ4n) is 3.96. The van der Waals surface area contributed by atoms with Gasteiger partial charge in [-0.25, -0.2) is 0 Å². The summed E-state index contributed by atoms with van der Waals surface area (Å²) in [6, 6.07) is 13.5. The third-order valence-electron chi connectivity index (χ3n) is 5.49. The van der Waals surface area contributed by atoms with Gasteiger partial charge in [0.2, 0.25) is 0 Å². The van der Waals surface area contributed by atoms with Crippen LogP contribution in [0, 0.1) is 0 Å². The second-order valence-corrected chi connectivity index (χ2v) is 8.11. The highest BCUT2D eigenvalue weighted by molar-refractivity contribution is 6.46. The minimum Gasteiger partial charge on any atom is -0.507 e. The Kier molecular flexibility index (Phi) is 8.11. The number of aliphatic hydroxyl groups is 1. The van der Waals surface area contributed by atoms with Gasteiger partial charge in [0.25, 0.3) is 11.7 Å². The number of benzene rings is 2. The second-order valence-electron chi connectivity index (χ2n) is 8.11. The molecule has 1 heterocycles. The molecule has 1 saturated heterocycles. The van der Waals surface area contributed by atoms with Crippen molar-refractivity contribution in [3.8, 4) is 11.5 Å². The van der Waals surface area contributed by atoms with E-state index >= 15 is 0 Å². The molecule has 0 aliphatic carbocycles. The maximum atomic E-state index is 13.1. The monoisotopic (exact) mass is 452 g/mol. The van der Waals surface area contributed by atoms with Gasteiger partial charge < -0.3 is 24.4 Å². The lowest BCUT2D eigenvalue weighted by Crippen LogP contribution is -2.32. The highest BCUT2D eigenvalue weighted by Crippen LogP contribution is 2.40. The molecular formula is C26H32N2O5. The Balaban J connectivity index is 2.03. The quantitative estimate of drug-likeness (QED) is 0.335. The standard InChI is InChI=1S/C26H32N2O5/c1-5-32-20-12-8-18(9-13-20)23-22(24(29)19-10-14-21(15-11-19)33-6-2)25(30)26(31)28(23)17-7-16-27(3)4/h8-15,23,29H,5-7,16-17H2,1-4H3/b24-22+/t23-/m0/s1. The fraction of sp³-hybridized carbons (Fsp3) is 0.385. The Morgan fingerprint density at radius 3 is 2.00 bits per heavy atom. The molecule has 1 aliphatic heterocycles. The van der Waals surface area contributed by atoms with Crippen molar-refractivity contribution in [2.24, 2.45) is 0 Å². The number of hydrogen-bond acceptors (Lipinski definition) is 6. The van der Waals surface area contributed by atoms with Gasteiger partial charge in [-0.05, 0) is 82.9 Å². The molecule has 0 unspecified atom stereocenters. The molecule has 3 rings (SSSR count). The summed E-state index contributed by atoms with van der Waals surface area (Å²) in [6.07, 6.45) is 0.705. The van der Waals surface area contributed by atoms with E-state index < -0.39 is 17.7 Å². The summed E-state index contributed by atoms with van der Waals surface area (Å²) in [5, 5.41) is 11.1. The van der Waals surface area contributed by atoms with Crippen molar-refractivity contribution < 1.29 is 24.2 Å². The summed E-state index contributed by atoms with van der Waals surface area (Å²) in [6.45, 7) is 6.05. The second kappa shape index (κ2) is 11.0. The number of hydrogen-bond donors (Lipinski definition) is 1. The Hall–Kier alpha value is -3.32. The smallest absolute Gasteiger partial charge is 0.295 e. The van der Waals surface area contributed by atoms with E-state index in [1.165, 1.54) is 0 Å². The van der Waals surface area contributed by atoms with Crippen LogP contribution < -0.4 is 9.47 Å². The van der Waals surface area contributed by atoms with Gasteiger partial charge in [-0.15, -0.1) is 0 Å². The van der Waals surface area contributed by atoms with Gasteiger partial charge in [-0.2, -0.15) is 0 Å². The van der Waals surface area contributed by atoms with Crippen molar-refractivity contribution in [2.45, 2.75) is 26.3 Å². The van der Waals surface area contributed by atoms with Crippen LogP contribution in [0.1, 0.15) is 37.4 Å². The summed E-state index contributed by atoms with van der Waals surface area (Å²) < 4.78 is 11.0. The van der Waals surface area contributed by atoms with Crippen LogP contribution in [0.25, 0.3) is 5.76 Å². The SMILES string of the molecule is CCOc1ccc(/C(O)=C2\C(=O)C(=O)N(CCCN(C)C)[C@H]2c2ccc(OCC)cc2)cc1. The average Bonchev–Trinajstić information content (AvgIpc) is 3.05. The van der Waals surface area contributed by atoms with Gasteiger partial charge in [0.05, 0.1) is 24.8 Å². The first-order valence-electron chi connectivity index (χ1n) is 11.3. The van der Waals surface area contributed by atoms with Crippen molar-refractivity contribution in [1.29, 1.82) is 0 Å². The van der Waals surface area contributed by atoms with Crippen LogP contribution in [0.3, 0.4) is 0 Å². The van der Waals surface area contributed by atoms with E-state index in [4.69, 9.17) is 9.47 Å². The molecule has 1 aliphatic rings. The summed E-state index contributed by atoms with van der Waals surface area (Å²) >= 11 is 0. The number of carbonyl (C=O) groups is 2. The van der Waals surface area contributed by atoms with E-state index in [2.05, 4.69) is 0 Å². The van der Waals surface area contributed by atoms with E-state index in [9.17, 15) is 14.7 Å². The van der Waals surface area contributed by atoms with E-state index in [0.29, 0.717) is 43.2 Å². The molecule has 7 nitrogen and oxygen atoms in total. The minimum atomic E-state index is -0.676. The molecule has 0 aromatic heterocycles. The zero-order chi connectivity index (χ0) is 24.0. The topological polar surface area (TPSA) is 79.3 Å².